The maximum Gasteiger partial charge on any atom is 0.246 e. The fourth-order valence-electron chi connectivity index (χ4n) is 2.86. The van der Waals surface area contributed by atoms with Gasteiger partial charge in [0.25, 0.3) is 0 Å². The minimum atomic E-state index is -0.125. The average Bonchev–Trinajstić information content (AvgIpc) is 3.13. The van der Waals surface area contributed by atoms with E-state index < -0.39 is 0 Å². The third-order valence-electron chi connectivity index (χ3n) is 4.18. The van der Waals surface area contributed by atoms with Crippen molar-refractivity contribution in [2.24, 2.45) is 0 Å². The Morgan fingerprint density at radius 2 is 2.08 bits per heavy atom. The number of anilines is 1. The predicted octanol–water partition coefficient (Wildman–Crippen LogP) is 2.70. The van der Waals surface area contributed by atoms with Gasteiger partial charge >= 0.3 is 0 Å². The number of methoxy groups -OCH3 is 1. The lowest BCUT2D eigenvalue weighted by atomic mass is 10.2. The molecule has 0 bridgehead atoms. The zero-order chi connectivity index (χ0) is 18.7. The van der Waals surface area contributed by atoms with Crippen molar-refractivity contribution < 1.29 is 9.53 Å². The molecule has 136 valence electrons. The number of ether oxygens (including phenoxy) is 1. The fourth-order valence-corrected chi connectivity index (χ4v) is 2.86. The first-order valence-electron chi connectivity index (χ1n) is 8.42. The van der Waals surface area contributed by atoms with Crippen LogP contribution in [0, 0.1) is 20.8 Å². The molecule has 2 heterocycles. The largest absolute Gasteiger partial charge is 0.497 e. The molecule has 3 aromatic rings. The van der Waals surface area contributed by atoms with Crippen LogP contribution in [0.4, 0.5) is 5.69 Å². The van der Waals surface area contributed by atoms with Gasteiger partial charge in [0.2, 0.25) is 5.91 Å². The monoisotopic (exact) mass is 353 g/mol. The number of aryl methyl sites for hydroxylation is 2. The molecule has 1 N–H and O–H groups in total. The number of hydrogen-bond donors (Lipinski definition) is 1. The highest BCUT2D eigenvalue weighted by Crippen LogP contribution is 2.21. The molecule has 0 aliphatic rings. The lowest BCUT2D eigenvalue weighted by Crippen LogP contribution is -2.19. The second-order valence-electron chi connectivity index (χ2n) is 6.32. The fraction of sp³-hybridized carbons (Fsp3) is 0.316. The Balaban J connectivity index is 1.73. The van der Waals surface area contributed by atoms with E-state index in [9.17, 15) is 4.79 Å². The highest BCUT2D eigenvalue weighted by atomic mass is 16.5. The second kappa shape index (κ2) is 7.43. The number of rotatable bonds is 6. The SMILES string of the molecule is COc1cccc(Cn2nc(C)c(NC(=O)Cn3cc(C)cn3)c2C)c1. The van der Waals surface area contributed by atoms with E-state index in [0.717, 1.165) is 34.0 Å². The predicted molar refractivity (Wildman–Crippen MR) is 99.4 cm³/mol. The Morgan fingerprint density at radius 1 is 1.27 bits per heavy atom. The molecule has 26 heavy (non-hydrogen) atoms. The lowest BCUT2D eigenvalue weighted by Gasteiger charge is -2.08. The van der Waals surface area contributed by atoms with Gasteiger partial charge in [-0.15, -0.1) is 0 Å². The van der Waals surface area contributed by atoms with Crippen LogP contribution >= 0.6 is 0 Å². The van der Waals surface area contributed by atoms with Gasteiger partial charge in [-0.3, -0.25) is 14.2 Å². The molecule has 0 aliphatic carbocycles. The van der Waals surface area contributed by atoms with Crippen LogP contribution in [0.15, 0.2) is 36.7 Å². The van der Waals surface area contributed by atoms with E-state index in [0.29, 0.717) is 6.54 Å². The number of benzene rings is 1. The molecule has 3 rings (SSSR count). The summed E-state index contributed by atoms with van der Waals surface area (Å²) >= 11 is 0. The summed E-state index contributed by atoms with van der Waals surface area (Å²) in [6, 6.07) is 7.87. The normalized spacial score (nSPS) is 10.8. The summed E-state index contributed by atoms with van der Waals surface area (Å²) in [5.41, 5.74) is 4.56. The van der Waals surface area contributed by atoms with E-state index in [2.05, 4.69) is 15.5 Å². The first-order valence-corrected chi connectivity index (χ1v) is 8.42. The first kappa shape index (κ1) is 17.7. The molecule has 0 saturated heterocycles. The number of nitrogens with zero attached hydrogens (tertiary/aromatic N) is 4. The molecular formula is C19H23N5O2. The summed E-state index contributed by atoms with van der Waals surface area (Å²) in [7, 11) is 1.65. The van der Waals surface area contributed by atoms with Gasteiger partial charge in [-0.2, -0.15) is 10.2 Å². The molecule has 0 fully saturated rings. The summed E-state index contributed by atoms with van der Waals surface area (Å²) in [4.78, 5) is 12.3. The third kappa shape index (κ3) is 3.93. The van der Waals surface area contributed by atoms with Gasteiger partial charge in [-0.25, -0.2) is 0 Å². The van der Waals surface area contributed by atoms with Crippen molar-refractivity contribution in [2.75, 3.05) is 12.4 Å². The Bertz CT molecular complexity index is 926. The van der Waals surface area contributed by atoms with Crippen molar-refractivity contribution in [1.29, 1.82) is 0 Å². The van der Waals surface area contributed by atoms with E-state index in [1.807, 2.05) is 55.9 Å². The molecule has 0 saturated carbocycles. The molecule has 0 spiro atoms. The van der Waals surface area contributed by atoms with Gasteiger partial charge in [0.05, 0.1) is 36.9 Å². The topological polar surface area (TPSA) is 74.0 Å². The van der Waals surface area contributed by atoms with Crippen LogP contribution in [0.5, 0.6) is 5.75 Å². The van der Waals surface area contributed by atoms with Crippen molar-refractivity contribution in [3.05, 3.63) is 59.2 Å². The van der Waals surface area contributed by atoms with Crippen LogP contribution in [-0.4, -0.2) is 32.6 Å². The third-order valence-corrected chi connectivity index (χ3v) is 4.18. The maximum absolute atomic E-state index is 12.3. The Hall–Kier alpha value is -3.09. The van der Waals surface area contributed by atoms with E-state index in [1.165, 1.54) is 0 Å². The molecule has 7 heteroatoms. The molecule has 0 radical (unpaired) electrons. The van der Waals surface area contributed by atoms with Crippen LogP contribution in [0.1, 0.15) is 22.5 Å². The summed E-state index contributed by atoms with van der Waals surface area (Å²) < 4.78 is 8.78. The van der Waals surface area contributed by atoms with Gasteiger partial charge in [0, 0.05) is 6.20 Å². The summed E-state index contributed by atoms with van der Waals surface area (Å²) in [6.07, 6.45) is 3.57. The van der Waals surface area contributed by atoms with Gasteiger partial charge in [0.1, 0.15) is 12.3 Å². The maximum atomic E-state index is 12.3. The van der Waals surface area contributed by atoms with Gasteiger partial charge in [-0.1, -0.05) is 12.1 Å². The lowest BCUT2D eigenvalue weighted by molar-refractivity contribution is -0.116. The number of aromatic nitrogens is 4. The number of amides is 1. The van der Waals surface area contributed by atoms with Crippen LogP contribution in [0.3, 0.4) is 0 Å². The van der Waals surface area contributed by atoms with Crippen LogP contribution in [0.2, 0.25) is 0 Å². The van der Waals surface area contributed by atoms with E-state index in [-0.39, 0.29) is 12.5 Å². The first-order chi connectivity index (χ1) is 12.5. The van der Waals surface area contributed by atoms with E-state index in [1.54, 1.807) is 18.0 Å². The zero-order valence-electron chi connectivity index (χ0n) is 15.5. The smallest absolute Gasteiger partial charge is 0.246 e. The molecule has 0 unspecified atom stereocenters. The Labute approximate surface area is 152 Å². The molecular weight excluding hydrogens is 330 g/mol. The minimum absolute atomic E-state index is 0.125. The highest BCUT2D eigenvalue weighted by Gasteiger charge is 2.15. The van der Waals surface area contributed by atoms with Crippen LogP contribution < -0.4 is 10.1 Å². The summed E-state index contributed by atoms with van der Waals surface area (Å²) in [5, 5.41) is 11.7. The Kier molecular flexibility index (Phi) is 5.06. The summed E-state index contributed by atoms with van der Waals surface area (Å²) in [6.45, 7) is 6.57. The number of carbonyl (C=O) groups is 1. The van der Waals surface area contributed by atoms with Crippen molar-refractivity contribution >= 4 is 11.6 Å². The summed E-state index contributed by atoms with van der Waals surface area (Å²) in [5.74, 6) is 0.687. The van der Waals surface area contributed by atoms with Gasteiger partial charge in [0.15, 0.2) is 0 Å². The highest BCUT2D eigenvalue weighted by molar-refractivity contribution is 5.91. The average molecular weight is 353 g/mol. The minimum Gasteiger partial charge on any atom is -0.497 e. The molecule has 1 aromatic carbocycles. The van der Waals surface area contributed by atoms with Crippen molar-refractivity contribution in [3.8, 4) is 5.75 Å². The molecule has 7 nitrogen and oxygen atoms in total. The zero-order valence-corrected chi connectivity index (χ0v) is 15.5. The number of carbonyl (C=O) groups excluding carboxylic acids is 1. The van der Waals surface area contributed by atoms with E-state index in [4.69, 9.17) is 4.74 Å². The number of nitrogens with one attached hydrogen (secondary N) is 1. The second-order valence-corrected chi connectivity index (χ2v) is 6.32. The van der Waals surface area contributed by atoms with Gasteiger partial charge in [-0.05, 0) is 44.0 Å². The van der Waals surface area contributed by atoms with Gasteiger partial charge < -0.3 is 10.1 Å². The van der Waals surface area contributed by atoms with Crippen molar-refractivity contribution in [3.63, 3.8) is 0 Å². The van der Waals surface area contributed by atoms with Crippen LogP contribution in [-0.2, 0) is 17.9 Å². The van der Waals surface area contributed by atoms with Crippen LogP contribution in [0.25, 0.3) is 0 Å². The Morgan fingerprint density at radius 3 is 2.77 bits per heavy atom. The molecule has 2 aromatic heterocycles. The van der Waals surface area contributed by atoms with Crippen molar-refractivity contribution in [1.82, 2.24) is 19.6 Å². The molecule has 0 atom stereocenters. The quantitative estimate of drug-likeness (QED) is 0.739. The van der Waals surface area contributed by atoms with E-state index >= 15 is 0 Å². The molecule has 1 amide bonds. The molecule has 0 aliphatic heterocycles. The standard InChI is InChI=1S/C19H23N5O2/c1-13-9-20-23(10-13)12-18(25)21-19-14(2)22-24(15(19)3)11-16-6-5-7-17(8-16)26-4/h5-10H,11-12H2,1-4H3,(H,21,25). The van der Waals surface area contributed by atoms with Crippen molar-refractivity contribution in [2.45, 2.75) is 33.9 Å². The number of hydrogen-bond acceptors (Lipinski definition) is 4.